The van der Waals surface area contributed by atoms with Crippen molar-refractivity contribution in [3.63, 3.8) is 0 Å². The molecule has 0 aliphatic heterocycles. The van der Waals surface area contributed by atoms with Crippen molar-refractivity contribution in [2.45, 2.75) is 6.42 Å². The molecule has 0 saturated heterocycles. The molecule has 0 heterocycles. The van der Waals surface area contributed by atoms with Crippen molar-refractivity contribution in [1.29, 1.82) is 0 Å². The van der Waals surface area contributed by atoms with Crippen LogP contribution in [0.2, 0.25) is 0 Å². The molecule has 0 radical (unpaired) electrons. The van der Waals surface area contributed by atoms with Gasteiger partial charge in [-0.15, -0.1) is 0 Å². The van der Waals surface area contributed by atoms with Gasteiger partial charge in [0.1, 0.15) is 12.2 Å². The zero-order valence-corrected chi connectivity index (χ0v) is 9.67. The summed E-state index contributed by atoms with van der Waals surface area (Å²) in [6, 6.07) is 5.35. The highest BCUT2D eigenvalue weighted by atomic mass is 79.9. The maximum Gasteiger partial charge on any atom is 0.315 e. The largest absolute Gasteiger partial charge is 0.496 e. The fraction of sp³-hybridized carbons (Fsp3) is 0.182. The lowest BCUT2D eigenvalue weighted by molar-refractivity contribution is -0.135. The van der Waals surface area contributed by atoms with Gasteiger partial charge in [0.15, 0.2) is 0 Å². The van der Waals surface area contributed by atoms with Crippen LogP contribution in [0.1, 0.15) is 12.0 Å². The molecule has 0 spiro atoms. The first-order valence-corrected chi connectivity index (χ1v) is 4.97. The number of hydrogen-bond donors (Lipinski definition) is 1. The van der Waals surface area contributed by atoms with Crippen molar-refractivity contribution in [3.8, 4) is 17.6 Å². The number of carboxylic acid groups (broad SMARTS) is 1. The lowest BCUT2D eigenvalue weighted by Crippen LogP contribution is -1.90. The maximum absolute atomic E-state index is 10.2. The molecule has 0 aliphatic rings. The highest BCUT2D eigenvalue weighted by molar-refractivity contribution is 9.10. The number of halogens is 1. The number of methoxy groups -OCH3 is 1. The van der Waals surface area contributed by atoms with E-state index in [0.29, 0.717) is 5.75 Å². The number of rotatable bonds is 2. The van der Waals surface area contributed by atoms with Gasteiger partial charge in [0, 0.05) is 5.56 Å². The molecular formula is C11H9BrO3. The molecule has 0 aliphatic carbocycles. The first-order chi connectivity index (χ1) is 7.13. The summed E-state index contributed by atoms with van der Waals surface area (Å²) in [6.07, 6.45) is -0.154. The van der Waals surface area contributed by atoms with Gasteiger partial charge in [0.05, 0.1) is 11.6 Å². The Balaban J connectivity index is 2.85. The molecule has 3 nitrogen and oxygen atoms in total. The second kappa shape index (κ2) is 5.42. The third-order valence-corrected chi connectivity index (χ3v) is 2.28. The summed E-state index contributed by atoms with van der Waals surface area (Å²) in [7, 11) is 1.56. The molecule has 4 heteroatoms. The van der Waals surface area contributed by atoms with Gasteiger partial charge >= 0.3 is 5.97 Å². The highest BCUT2D eigenvalue weighted by Crippen LogP contribution is 2.25. The predicted octanol–water partition coefficient (Wildman–Crippen LogP) is 2.28. The van der Waals surface area contributed by atoms with Crippen LogP contribution in [0.25, 0.3) is 0 Å². The second-order valence-electron chi connectivity index (χ2n) is 2.72. The Morgan fingerprint density at radius 3 is 2.93 bits per heavy atom. The first kappa shape index (κ1) is 11.6. The van der Waals surface area contributed by atoms with Gasteiger partial charge in [-0.25, -0.2) is 0 Å². The molecule has 0 amide bonds. The third-order valence-electron chi connectivity index (χ3n) is 1.62. The SMILES string of the molecule is COc1cc(C#CCC(=O)O)ccc1Br. The molecule has 0 saturated carbocycles. The van der Waals surface area contributed by atoms with Crippen LogP contribution in [-0.2, 0) is 4.79 Å². The number of benzene rings is 1. The van der Waals surface area contributed by atoms with E-state index in [9.17, 15) is 4.79 Å². The van der Waals surface area contributed by atoms with E-state index < -0.39 is 5.97 Å². The number of hydrogen-bond acceptors (Lipinski definition) is 2. The van der Waals surface area contributed by atoms with Crippen LogP contribution in [0.3, 0.4) is 0 Å². The fourth-order valence-electron chi connectivity index (χ4n) is 0.959. The number of carboxylic acids is 1. The maximum atomic E-state index is 10.2. The molecule has 0 unspecified atom stereocenters. The summed E-state index contributed by atoms with van der Waals surface area (Å²) in [6.45, 7) is 0. The molecule has 0 aromatic heterocycles. The van der Waals surface area contributed by atoms with E-state index in [1.807, 2.05) is 6.07 Å². The summed E-state index contributed by atoms with van der Waals surface area (Å²) in [5, 5.41) is 8.40. The zero-order chi connectivity index (χ0) is 11.3. The Bertz CT molecular complexity index is 429. The lowest BCUT2D eigenvalue weighted by atomic mass is 10.2. The Hall–Kier alpha value is -1.47. The Morgan fingerprint density at radius 2 is 2.33 bits per heavy atom. The van der Waals surface area contributed by atoms with E-state index in [4.69, 9.17) is 9.84 Å². The molecule has 0 atom stereocenters. The van der Waals surface area contributed by atoms with E-state index in [2.05, 4.69) is 27.8 Å². The van der Waals surface area contributed by atoms with Crippen molar-refractivity contribution in [1.82, 2.24) is 0 Å². The van der Waals surface area contributed by atoms with Crippen LogP contribution in [0, 0.1) is 11.8 Å². The minimum Gasteiger partial charge on any atom is -0.496 e. The third kappa shape index (κ3) is 3.64. The van der Waals surface area contributed by atoms with Crippen LogP contribution in [0.5, 0.6) is 5.75 Å². The minimum atomic E-state index is -0.924. The molecule has 1 aromatic rings. The molecule has 1 N–H and O–H groups in total. The predicted molar refractivity (Wildman–Crippen MR) is 59.8 cm³/mol. The van der Waals surface area contributed by atoms with Gasteiger partial charge < -0.3 is 9.84 Å². The molecule has 1 aromatic carbocycles. The van der Waals surface area contributed by atoms with E-state index in [1.54, 1.807) is 19.2 Å². The van der Waals surface area contributed by atoms with Gasteiger partial charge in [0.25, 0.3) is 0 Å². The van der Waals surface area contributed by atoms with Gasteiger partial charge in [-0.05, 0) is 34.1 Å². The molecule has 15 heavy (non-hydrogen) atoms. The molecule has 1 rings (SSSR count). The van der Waals surface area contributed by atoms with Gasteiger partial charge in [0.2, 0.25) is 0 Å². The van der Waals surface area contributed by atoms with Crippen molar-refractivity contribution in [2.75, 3.05) is 7.11 Å². The summed E-state index contributed by atoms with van der Waals surface area (Å²) in [4.78, 5) is 10.2. The Labute approximate surface area is 96.2 Å². The van der Waals surface area contributed by atoms with Crippen LogP contribution in [-0.4, -0.2) is 18.2 Å². The van der Waals surface area contributed by atoms with Gasteiger partial charge in [-0.1, -0.05) is 11.8 Å². The van der Waals surface area contributed by atoms with E-state index in [1.165, 1.54) is 0 Å². The average molecular weight is 269 g/mol. The van der Waals surface area contributed by atoms with Crippen LogP contribution < -0.4 is 4.74 Å². The first-order valence-electron chi connectivity index (χ1n) is 4.17. The summed E-state index contributed by atoms with van der Waals surface area (Å²) >= 11 is 3.31. The summed E-state index contributed by atoms with van der Waals surface area (Å²) in [5.74, 6) is 5.05. The lowest BCUT2D eigenvalue weighted by Gasteiger charge is -2.02. The number of carbonyl (C=O) groups is 1. The smallest absolute Gasteiger partial charge is 0.315 e. The second-order valence-corrected chi connectivity index (χ2v) is 3.58. The average Bonchev–Trinajstić information content (AvgIpc) is 2.20. The van der Waals surface area contributed by atoms with Gasteiger partial charge in [-0.2, -0.15) is 0 Å². The standard InChI is InChI=1S/C11H9BrO3/c1-15-10-7-8(5-6-9(10)12)3-2-4-11(13)14/h5-7H,4H2,1H3,(H,13,14). The molecule has 78 valence electrons. The van der Waals surface area contributed by atoms with E-state index >= 15 is 0 Å². The molecule has 0 bridgehead atoms. The number of ether oxygens (including phenoxy) is 1. The van der Waals surface area contributed by atoms with Gasteiger partial charge in [-0.3, -0.25) is 4.79 Å². The molecule has 0 fully saturated rings. The topological polar surface area (TPSA) is 46.5 Å². The van der Waals surface area contributed by atoms with Crippen LogP contribution in [0.4, 0.5) is 0 Å². The minimum absolute atomic E-state index is 0.154. The zero-order valence-electron chi connectivity index (χ0n) is 8.08. The fourth-order valence-corrected chi connectivity index (χ4v) is 1.37. The van der Waals surface area contributed by atoms with Crippen molar-refractivity contribution in [2.24, 2.45) is 0 Å². The monoisotopic (exact) mass is 268 g/mol. The Morgan fingerprint density at radius 1 is 1.60 bits per heavy atom. The van der Waals surface area contributed by atoms with E-state index in [0.717, 1.165) is 10.0 Å². The summed E-state index contributed by atoms with van der Waals surface area (Å²) in [5.41, 5.74) is 0.733. The summed E-state index contributed by atoms with van der Waals surface area (Å²) < 4.78 is 5.92. The quantitative estimate of drug-likeness (QED) is 0.838. The Kier molecular flexibility index (Phi) is 4.19. The highest BCUT2D eigenvalue weighted by Gasteiger charge is 1.99. The van der Waals surface area contributed by atoms with Crippen molar-refractivity contribution in [3.05, 3.63) is 28.2 Å². The van der Waals surface area contributed by atoms with Crippen molar-refractivity contribution >= 4 is 21.9 Å². The van der Waals surface area contributed by atoms with Crippen molar-refractivity contribution < 1.29 is 14.6 Å². The molecular weight excluding hydrogens is 260 g/mol. The van der Waals surface area contributed by atoms with Crippen LogP contribution >= 0.6 is 15.9 Å². The van der Waals surface area contributed by atoms with E-state index in [-0.39, 0.29) is 6.42 Å². The normalized spacial score (nSPS) is 8.93. The number of aliphatic carboxylic acids is 1. The van der Waals surface area contributed by atoms with Crippen LogP contribution in [0.15, 0.2) is 22.7 Å².